The molecule has 3 saturated heterocycles. The first-order valence-electron chi connectivity index (χ1n) is 16.7. The van der Waals surface area contributed by atoms with E-state index in [1.54, 1.807) is 10.9 Å². The fourth-order valence-corrected chi connectivity index (χ4v) is 9.86. The van der Waals surface area contributed by atoms with E-state index in [9.17, 15) is 4.57 Å². The molecule has 3 aliphatic heterocycles. The normalized spacial score (nSPS) is 26.3. The van der Waals surface area contributed by atoms with Gasteiger partial charge in [0.15, 0.2) is 17.7 Å². The number of hydrogen-bond donors (Lipinski definition) is 0. The molecule has 7 rings (SSSR count). The van der Waals surface area contributed by atoms with Gasteiger partial charge in [-0.05, 0) is 97.9 Å². The van der Waals surface area contributed by atoms with Crippen LogP contribution in [-0.2, 0) is 44.4 Å². The largest absolute Gasteiger partial charge is 0.366 e. The van der Waals surface area contributed by atoms with Gasteiger partial charge in [-0.15, -0.1) is 0 Å². The number of aryl methyl sites for hydroxylation is 2. The van der Waals surface area contributed by atoms with Crippen molar-refractivity contribution in [1.82, 2.24) is 19.7 Å². The second-order valence-electron chi connectivity index (χ2n) is 16.1. The van der Waals surface area contributed by atoms with Gasteiger partial charge in [0.2, 0.25) is 5.28 Å². The second kappa shape index (κ2) is 11.7. The molecule has 262 valence electrons. The van der Waals surface area contributed by atoms with Gasteiger partial charge in [-0.2, -0.15) is 15.1 Å². The molecule has 0 saturated carbocycles. The van der Waals surface area contributed by atoms with E-state index in [2.05, 4.69) is 40.0 Å². The number of benzene rings is 1. The fraction of sp³-hybridized carbons (Fsp3) is 0.676. The summed E-state index contributed by atoms with van der Waals surface area (Å²) in [5.74, 6) is -0.104. The Morgan fingerprint density at radius 2 is 1.73 bits per heavy atom. The van der Waals surface area contributed by atoms with Gasteiger partial charge in [0.1, 0.15) is 30.5 Å². The van der Waals surface area contributed by atoms with Crippen LogP contribution in [-0.4, -0.2) is 81.1 Å². The molecule has 5 heterocycles. The SMILES string of the molecule is Cc1ccc2c(c1)C1(CC2)CN(c2nc(Cl)nc3c2cnn3[C@@H]2O[C@H](COCP(=O)(OC(C)(C)C)OC(C)(C)C)[C@H]3OC(C)(C)O[C@H]32)C1. The molecule has 4 atom stereocenters. The minimum atomic E-state index is -3.62. The Morgan fingerprint density at radius 1 is 1.04 bits per heavy atom. The summed E-state index contributed by atoms with van der Waals surface area (Å²) in [6.45, 7) is 18.6. The Kier molecular flexibility index (Phi) is 8.36. The summed E-state index contributed by atoms with van der Waals surface area (Å²) in [6, 6.07) is 6.81. The predicted molar refractivity (Wildman–Crippen MR) is 182 cm³/mol. The zero-order valence-corrected chi connectivity index (χ0v) is 30.9. The molecule has 3 aromatic rings. The number of hydrogen-bond acceptors (Lipinski definition) is 11. The summed E-state index contributed by atoms with van der Waals surface area (Å²) < 4.78 is 52.4. The summed E-state index contributed by atoms with van der Waals surface area (Å²) in [6.07, 6.45) is 1.51. The Hall–Kier alpha value is -2.15. The quantitative estimate of drug-likeness (QED) is 0.184. The smallest absolute Gasteiger partial charge is 0.357 e. The third-order valence-corrected chi connectivity index (χ3v) is 11.4. The van der Waals surface area contributed by atoms with Crippen LogP contribution in [0.3, 0.4) is 0 Å². The Labute approximate surface area is 287 Å². The van der Waals surface area contributed by atoms with Crippen molar-refractivity contribution in [3.05, 3.63) is 46.4 Å². The van der Waals surface area contributed by atoms with E-state index in [1.165, 1.54) is 16.7 Å². The minimum Gasteiger partial charge on any atom is -0.366 e. The van der Waals surface area contributed by atoms with Gasteiger partial charge in [-0.3, -0.25) is 4.57 Å². The topological polar surface area (TPSA) is 119 Å². The fourth-order valence-electron chi connectivity index (χ4n) is 7.56. The molecule has 4 aliphatic rings. The first-order chi connectivity index (χ1) is 22.3. The Morgan fingerprint density at radius 3 is 2.42 bits per heavy atom. The predicted octanol–water partition coefficient (Wildman–Crippen LogP) is 6.71. The van der Waals surface area contributed by atoms with Crippen LogP contribution in [0.15, 0.2) is 24.4 Å². The number of anilines is 1. The van der Waals surface area contributed by atoms with Crippen LogP contribution in [0.2, 0.25) is 5.28 Å². The summed E-state index contributed by atoms with van der Waals surface area (Å²) >= 11 is 6.57. The number of ether oxygens (including phenoxy) is 4. The maximum atomic E-state index is 13.7. The van der Waals surface area contributed by atoms with Crippen molar-refractivity contribution in [2.45, 2.75) is 122 Å². The average Bonchev–Trinajstić information content (AvgIpc) is 3.65. The second-order valence-corrected chi connectivity index (χ2v) is 18.3. The number of halogens is 1. The Balaban J connectivity index is 1.11. The van der Waals surface area contributed by atoms with E-state index in [-0.39, 0.29) is 23.7 Å². The average molecular weight is 704 g/mol. The van der Waals surface area contributed by atoms with Gasteiger partial charge in [-0.1, -0.05) is 23.8 Å². The monoisotopic (exact) mass is 703 g/mol. The molecule has 2 aromatic heterocycles. The highest BCUT2D eigenvalue weighted by atomic mass is 35.5. The van der Waals surface area contributed by atoms with Crippen LogP contribution in [0.4, 0.5) is 5.82 Å². The van der Waals surface area contributed by atoms with Crippen molar-refractivity contribution < 1.29 is 32.6 Å². The first kappa shape index (κ1) is 34.3. The lowest BCUT2D eigenvalue weighted by atomic mass is 9.74. The van der Waals surface area contributed by atoms with Crippen molar-refractivity contribution in [1.29, 1.82) is 0 Å². The molecule has 12 nitrogen and oxygen atoms in total. The van der Waals surface area contributed by atoms with E-state index in [4.69, 9.17) is 44.7 Å². The Bertz CT molecular complexity index is 1740. The van der Waals surface area contributed by atoms with Gasteiger partial charge in [-0.25, -0.2) is 4.68 Å². The summed E-state index contributed by atoms with van der Waals surface area (Å²) in [7, 11) is -3.62. The van der Waals surface area contributed by atoms with E-state index in [0.29, 0.717) is 5.65 Å². The third-order valence-electron chi connectivity index (χ3n) is 9.13. The van der Waals surface area contributed by atoms with E-state index >= 15 is 0 Å². The lowest BCUT2D eigenvalue weighted by molar-refractivity contribution is -0.202. The number of fused-ring (bicyclic) bond motifs is 4. The van der Waals surface area contributed by atoms with Crippen molar-refractivity contribution in [3.8, 4) is 0 Å². The molecule has 0 unspecified atom stereocenters. The maximum Gasteiger partial charge on any atom is 0.357 e. The van der Waals surface area contributed by atoms with Crippen LogP contribution < -0.4 is 4.90 Å². The number of nitrogens with zero attached hydrogens (tertiary/aromatic N) is 5. The van der Waals surface area contributed by atoms with E-state index in [0.717, 1.165) is 37.1 Å². The van der Waals surface area contributed by atoms with Crippen LogP contribution in [0.25, 0.3) is 11.0 Å². The molecule has 0 bridgehead atoms. The van der Waals surface area contributed by atoms with E-state index < -0.39 is 49.1 Å². The molecule has 0 amide bonds. The maximum absolute atomic E-state index is 13.7. The lowest BCUT2D eigenvalue weighted by Gasteiger charge is -2.49. The van der Waals surface area contributed by atoms with Crippen molar-refractivity contribution in [2.75, 3.05) is 30.9 Å². The molecule has 1 aliphatic carbocycles. The van der Waals surface area contributed by atoms with Gasteiger partial charge in [0.25, 0.3) is 0 Å². The molecule has 3 fully saturated rings. The van der Waals surface area contributed by atoms with Crippen LogP contribution in [0, 0.1) is 6.92 Å². The highest BCUT2D eigenvalue weighted by Gasteiger charge is 2.57. The zero-order chi connectivity index (χ0) is 34.4. The summed E-state index contributed by atoms with van der Waals surface area (Å²) in [4.78, 5) is 11.5. The van der Waals surface area contributed by atoms with Gasteiger partial charge in [0.05, 0.1) is 29.4 Å². The van der Waals surface area contributed by atoms with Crippen molar-refractivity contribution in [3.63, 3.8) is 0 Å². The van der Waals surface area contributed by atoms with Crippen LogP contribution in [0.1, 0.15) is 84.7 Å². The zero-order valence-electron chi connectivity index (χ0n) is 29.3. The highest BCUT2D eigenvalue weighted by molar-refractivity contribution is 7.53. The summed E-state index contributed by atoms with van der Waals surface area (Å²) in [5, 5.41) is 5.66. The van der Waals surface area contributed by atoms with Gasteiger partial charge in [0, 0.05) is 18.5 Å². The van der Waals surface area contributed by atoms with Gasteiger partial charge < -0.3 is 32.9 Å². The van der Waals surface area contributed by atoms with Crippen LogP contribution >= 0.6 is 19.2 Å². The molecule has 48 heavy (non-hydrogen) atoms. The molecule has 0 radical (unpaired) electrons. The summed E-state index contributed by atoms with van der Waals surface area (Å²) in [5.41, 5.74) is 3.46. The molecular formula is C34H47ClN5O7P. The van der Waals surface area contributed by atoms with Crippen molar-refractivity contribution in [2.24, 2.45) is 0 Å². The van der Waals surface area contributed by atoms with Gasteiger partial charge >= 0.3 is 7.60 Å². The molecule has 1 spiro atoms. The van der Waals surface area contributed by atoms with Crippen LogP contribution in [0.5, 0.6) is 0 Å². The lowest BCUT2D eigenvalue weighted by Crippen LogP contribution is -2.58. The van der Waals surface area contributed by atoms with Crippen molar-refractivity contribution >= 4 is 36.0 Å². The highest BCUT2D eigenvalue weighted by Crippen LogP contribution is 2.55. The molecule has 14 heteroatoms. The standard InChI is InChI=1S/C34H47ClN5O7P/c1-20-10-11-21-12-13-34(23(21)14-20)17-39(18-34)27-22-15-36-40(28(22)38-30(35)37-27)29-26-25(44-33(8,9)45-26)24(43-29)16-42-19-48(41,46-31(2,3)4)47-32(5,6)7/h10-11,14-15,24-26,29H,12-13,16-19H2,1-9H3/t24-,25-,26-,29-/m1/s1. The molecular weight excluding hydrogens is 657 g/mol. The first-order valence-corrected chi connectivity index (χ1v) is 18.8. The minimum absolute atomic E-state index is 0.0686. The third kappa shape index (κ3) is 6.55. The number of aromatic nitrogens is 4. The molecule has 0 N–H and O–H groups in total. The van der Waals surface area contributed by atoms with E-state index in [1.807, 2.05) is 55.4 Å². The number of rotatable bonds is 8. The molecule has 1 aromatic carbocycles.